The van der Waals surface area contributed by atoms with Crippen molar-refractivity contribution in [1.29, 1.82) is 0 Å². The predicted octanol–water partition coefficient (Wildman–Crippen LogP) is 5.81. The predicted molar refractivity (Wildman–Crippen MR) is 97.5 cm³/mol. The van der Waals surface area contributed by atoms with Gasteiger partial charge in [0.1, 0.15) is 0 Å². The van der Waals surface area contributed by atoms with Crippen molar-refractivity contribution in [3.8, 4) is 5.69 Å². The molecule has 0 fully saturated rings. The van der Waals surface area contributed by atoms with Crippen molar-refractivity contribution in [3.05, 3.63) is 77.4 Å². The van der Waals surface area contributed by atoms with Gasteiger partial charge in [0.25, 0.3) is 0 Å². The molecule has 1 heterocycles. The molecule has 3 nitrogen and oxygen atoms in total. The first-order valence-electron chi connectivity index (χ1n) is 8.21. The molecule has 0 unspecified atom stereocenters. The SMILES string of the molecule is Cc1ccc2c(c1)c1cc(C(F)(F)F)ccc1n2-c1ccc(C(=O)O)cc1. The Balaban J connectivity index is 2.05. The van der Waals surface area contributed by atoms with Crippen molar-refractivity contribution < 1.29 is 23.1 Å². The molecular weight excluding hydrogens is 355 g/mol. The summed E-state index contributed by atoms with van der Waals surface area (Å²) in [6.45, 7) is 1.89. The second-order valence-electron chi connectivity index (χ2n) is 6.44. The molecule has 0 atom stereocenters. The third-order valence-corrected chi connectivity index (χ3v) is 4.62. The van der Waals surface area contributed by atoms with E-state index in [1.165, 1.54) is 24.3 Å². The van der Waals surface area contributed by atoms with Gasteiger partial charge in [-0.25, -0.2) is 4.79 Å². The summed E-state index contributed by atoms with van der Waals surface area (Å²) in [5.74, 6) is -1.03. The molecule has 4 rings (SSSR count). The standard InChI is InChI=1S/C21H14F3NO2/c1-12-2-8-18-16(10-12)17-11-14(21(22,23)24)5-9-19(17)25(18)15-6-3-13(4-7-15)20(26)27/h2-11H,1H3,(H,26,27). The summed E-state index contributed by atoms with van der Waals surface area (Å²) < 4.78 is 41.4. The Kier molecular flexibility index (Phi) is 3.73. The van der Waals surface area contributed by atoms with Crippen molar-refractivity contribution in [2.75, 3.05) is 0 Å². The summed E-state index contributed by atoms with van der Waals surface area (Å²) in [6, 6.07) is 15.6. The van der Waals surface area contributed by atoms with Crippen LogP contribution in [0.4, 0.5) is 13.2 Å². The first-order chi connectivity index (χ1) is 12.8. The number of nitrogens with zero attached hydrogens (tertiary/aromatic N) is 1. The fraction of sp³-hybridized carbons (Fsp3) is 0.0952. The number of carboxylic acid groups (broad SMARTS) is 1. The first-order valence-corrected chi connectivity index (χ1v) is 8.21. The van der Waals surface area contributed by atoms with Gasteiger partial charge in [-0.3, -0.25) is 0 Å². The van der Waals surface area contributed by atoms with E-state index in [1.807, 2.05) is 29.7 Å². The van der Waals surface area contributed by atoms with Crippen LogP contribution in [0.2, 0.25) is 0 Å². The molecule has 136 valence electrons. The number of carboxylic acids is 1. The number of aromatic nitrogens is 1. The highest BCUT2D eigenvalue weighted by Crippen LogP contribution is 2.37. The van der Waals surface area contributed by atoms with E-state index in [0.717, 1.165) is 22.5 Å². The third kappa shape index (κ3) is 2.83. The number of aromatic carboxylic acids is 1. The topological polar surface area (TPSA) is 42.2 Å². The van der Waals surface area contributed by atoms with Gasteiger partial charge in [0.2, 0.25) is 0 Å². The summed E-state index contributed by atoms with van der Waals surface area (Å²) in [5, 5.41) is 10.3. The van der Waals surface area contributed by atoms with Gasteiger partial charge in [-0.15, -0.1) is 0 Å². The minimum atomic E-state index is -4.42. The Morgan fingerprint density at radius 3 is 2.07 bits per heavy atom. The summed E-state index contributed by atoms with van der Waals surface area (Å²) in [4.78, 5) is 11.1. The molecule has 6 heteroatoms. The Morgan fingerprint density at radius 2 is 1.48 bits per heavy atom. The van der Waals surface area contributed by atoms with Crippen molar-refractivity contribution in [1.82, 2.24) is 4.57 Å². The average molecular weight is 369 g/mol. The number of alkyl halides is 3. The lowest BCUT2D eigenvalue weighted by molar-refractivity contribution is -0.137. The van der Waals surface area contributed by atoms with Crippen LogP contribution in [0.25, 0.3) is 27.5 Å². The minimum absolute atomic E-state index is 0.148. The molecule has 0 saturated carbocycles. The summed E-state index contributed by atoms with van der Waals surface area (Å²) in [7, 11) is 0. The minimum Gasteiger partial charge on any atom is -0.478 e. The molecule has 0 aliphatic heterocycles. The van der Waals surface area contributed by atoms with Gasteiger partial charge in [-0.1, -0.05) is 11.6 Å². The summed E-state index contributed by atoms with van der Waals surface area (Å²) in [6.07, 6.45) is -4.42. The Hall–Kier alpha value is -3.28. The van der Waals surface area contributed by atoms with Crippen molar-refractivity contribution in [2.24, 2.45) is 0 Å². The number of hydrogen-bond donors (Lipinski definition) is 1. The summed E-state index contributed by atoms with van der Waals surface area (Å²) >= 11 is 0. The van der Waals surface area contributed by atoms with Crippen molar-refractivity contribution in [2.45, 2.75) is 13.1 Å². The molecule has 0 spiro atoms. The number of hydrogen-bond acceptors (Lipinski definition) is 1. The lowest BCUT2D eigenvalue weighted by atomic mass is 10.1. The number of carbonyl (C=O) groups is 1. The normalized spacial score (nSPS) is 12.0. The summed E-state index contributed by atoms with van der Waals surface area (Å²) in [5.41, 5.74) is 2.47. The van der Waals surface area contributed by atoms with E-state index in [-0.39, 0.29) is 5.56 Å². The van der Waals surface area contributed by atoms with Gasteiger partial charge >= 0.3 is 12.1 Å². The zero-order valence-corrected chi connectivity index (χ0v) is 14.2. The van der Waals surface area contributed by atoms with Crippen LogP contribution < -0.4 is 0 Å². The maximum absolute atomic E-state index is 13.2. The van der Waals surface area contributed by atoms with Crippen molar-refractivity contribution >= 4 is 27.8 Å². The van der Waals surface area contributed by atoms with E-state index < -0.39 is 17.7 Å². The van der Waals surface area contributed by atoms with Crippen LogP contribution in [0.1, 0.15) is 21.5 Å². The van der Waals surface area contributed by atoms with Gasteiger partial charge in [0.05, 0.1) is 22.2 Å². The molecular formula is C21H14F3NO2. The highest BCUT2D eigenvalue weighted by molar-refractivity contribution is 6.09. The van der Waals surface area contributed by atoms with E-state index in [1.54, 1.807) is 12.1 Å². The molecule has 3 aromatic carbocycles. The molecule has 0 radical (unpaired) electrons. The Labute approximate surface area is 152 Å². The maximum atomic E-state index is 13.2. The molecule has 0 bridgehead atoms. The Morgan fingerprint density at radius 1 is 0.889 bits per heavy atom. The van der Waals surface area contributed by atoms with Gasteiger partial charge in [0, 0.05) is 16.5 Å². The van der Waals surface area contributed by atoms with Gasteiger partial charge < -0.3 is 9.67 Å². The molecule has 0 saturated heterocycles. The first kappa shape index (κ1) is 17.1. The molecule has 0 aliphatic rings. The van der Waals surface area contributed by atoms with E-state index in [0.29, 0.717) is 16.6 Å². The number of benzene rings is 3. The maximum Gasteiger partial charge on any atom is 0.416 e. The fourth-order valence-corrected chi connectivity index (χ4v) is 3.34. The molecule has 0 amide bonds. The van der Waals surface area contributed by atoms with E-state index in [9.17, 15) is 18.0 Å². The monoisotopic (exact) mass is 369 g/mol. The van der Waals surface area contributed by atoms with Crippen LogP contribution >= 0.6 is 0 Å². The second-order valence-corrected chi connectivity index (χ2v) is 6.44. The molecule has 1 aromatic heterocycles. The van der Waals surface area contributed by atoms with Crippen LogP contribution in [0.3, 0.4) is 0 Å². The van der Waals surface area contributed by atoms with Crippen LogP contribution in [0.15, 0.2) is 60.7 Å². The zero-order chi connectivity index (χ0) is 19.3. The zero-order valence-electron chi connectivity index (χ0n) is 14.2. The Bertz CT molecular complexity index is 1190. The van der Waals surface area contributed by atoms with E-state index in [2.05, 4.69) is 0 Å². The highest BCUT2D eigenvalue weighted by Gasteiger charge is 2.31. The van der Waals surface area contributed by atoms with Crippen molar-refractivity contribution in [3.63, 3.8) is 0 Å². The van der Waals surface area contributed by atoms with E-state index >= 15 is 0 Å². The molecule has 1 N–H and O–H groups in total. The lowest BCUT2D eigenvalue weighted by Crippen LogP contribution is -2.04. The largest absolute Gasteiger partial charge is 0.478 e. The van der Waals surface area contributed by atoms with Crippen LogP contribution in [-0.4, -0.2) is 15.6 Å². The lowest BCUT2D eigenvalue weighted by Gasteiger charge is -2.09. The van der Waals surface area contributed by atoms with E-state index in [4.69, 9.17) is 5.11 Å². The highest BCUT2D eigenvalue weighted by atomic mass is 19.4. The number of aryl methyl sites for hydroxylation is 1. The average Bonchev–Trinajstić information content (AvgIpc) is 2.94. The van der Waals surface area contributed by atoms with Crippen LogP contribution in [-0.2, 0) is 6.18 Å². The number of halogens is 3. The number of rotatable bonds is 2. The van der Waals surface area contributed by atoms with Gasteiger partial charge in [0.15, 0.2) is 0 Å². The van der Waals surface area contributed by atoms with Crippen LogP contribution in [0.5, 0.6) is 0 Å². The van der Waals surface area contributed by atoms with Gasteiger partial charge in [-0.05, 0) is 61.5 Å². The van der Waals surface area contributed by atoms with Crippen LogP contribution in [0, 0.1) is 6.92 Å². The quantitative estimate of drug-likeness (QED) is 0.485. The fourth-order valence-electron chi connectivity index (χ4n) is 3.34. The van der Waals surface area contributed by atoms with Gasteiger partial charge in [-0.2, -0.15) is 13.2 Å². The third-order valence-electron chi connectivity index (χ3n) is 4.62. The molecule has 0 aliphatic carbocycles. The number of fused-ring (bicyclic) bond motifs is 3. The molecule has 27 heavy (non-hydrogen) atoms. The second kappa shape index (κ2) is 5.87. The molecule has 4 aromatic rings. The smallest absolute Gasteiger partial charge is 0.416 e.